The van der Waals surface area contributed by atoms with Crippen molar-refractivity contribution in [3.8, 4) is 0 Å². The topological polar surface area (TPSA) is 55.4 Å². The highest BCUT2D eigenvalue weighted by atomic mass is 32.2. The average molecular weight is 418 g/mol. The molecule has 1 amide bonds. The highest BCUT2D eigenvalue weighted by Crippen LogP contribution is 2.40. The van der Waals surface area contributed by atoms with E-state index in [0.717, 1.165) is 29.7 Å². The lowest BCUT2D eigenvalue weighted by Crippen LogP contribution is -2.16. The van der Waals surface area contributed by atoms with E-state index in [9.17, 15) is 9.59 Å². The zero-order chi connectivity index (χ0) is 20.1. The summed E-state index contributed by atoms with van der Waals surface area (Å²) in [6.45, 7) is 6.43. The molecule has 3 rings (SSSR count). The average Bonchev–Trinajstić information content (AvgIpc) is 3.00. The third-order valence-electron chi connectivity index (χ3n) is 4.86. The van der Waals surface area contributed by atoms with E-state index in [4.69, 9.17) is 4.74 Å². The van der Waals surface area contributed by atoms with Gasteiger partial charge in [0.2, 0.25) is 5.91 Å². The fraction of sp³-hybridized carbons (Fsp3) is 0.455. The molecule has 2 aromatic rings. The Morgan fingerprint density at radius 1 is 1.29 bits per heavy atom. The highest BCUT2D eigenvalue weighted by molar-refractivity contribution is 7.99. The first-order valence-electron chi connectivity index (χ1n) is 9.79. The van der Waals surface area contributed by atoms with Crippen LogP contribution in [-0.2, 0) is 22.4 Å². The number of rotatable bonds is 7. The number of thioether (sulfide) groups is 1. The van der Waals surface area contributed by atoms with Crippen molar-refractivity contribution in [3.05, 3.63) is 45.8 Å². The number of carbonyl (C=O) groups excluding carboxylic acids is 2. The maximum Gasteiger partial charge on any atom is 0.341 e. The summed E-state index contributed by atoms with van der Waals surface area (Å²) in [5, 5.41) is 3.64. The summed E-state index contributed by atoms with van der Waals surface area (Å²) in [6, 6.07) is 8.30. The summed E-state index contributed by atoms with van der Waals surface area (Å²) in [6.07, 6.45) is 3.31. The second-order valence-electron chi connectivity index (χ2n) is 7.24. The predicted molar refractivity (Wildman–Crippen MR) is 117 cm³/mol. The van der Waals surface area contributed by atoms with E-state index in [-0.39, 0.29) is 11.9 Å². The molecule has 0 bridgehead atoms. The largest absolute Gasteiger partial charge is 0.462 e. The van der Waals surface area contributed by atoms with Gasteiger partial charge in [-0.25, -0.2) is 4.79 Å². The molecule has 1 N–H and O–H groups in total. The standard InChI is InChI=1S/C22H27NO3S2/c1-4-26-22(25)20-17-10-7-15(3)13-18(17)28-21(20)23-19(24)11-12-27-16-8-5-14(2)6-9-16/h5-6,8-9,15H,4,7,10-13H2,1-3H3,(H,23,24). The molecule has 1 unspecified atom stereocenters. The monoisotopic (exact) mass is 417 g/mol. The first-order valence-corrected chi connectivity index (χ1v) is 11.6. The van der Waals surface area contributed by atoms with Crippen molar-refractivity contribution < 1.29 is 14.3 Å². The zero-order valence-electron chi connectivity index (χ0n) is 16.7. The maximum atomic E-state index is 12.5. The molecule has 28 heavy (non-hydrogen) atoms. The van der Waals surface area contributed by atoms with Gasteiger partial charge in [-0.2, -0.15) is 0 Å². The molecule has 4 nitrogen and oxygen atoms in total. The quantitative estimate of drug-likeness (QED) is 0.479. The molecular formula is C22H27NO3S2. The van der Waals surface area contributed by atoms with Crippen LogP contribution in [-0.4, -0.2) is 24.2 Å². The van der Waals surface area contributed by atoms with Gasteiger partial charge in [0.15, 0.2) is 0 Å². The molecular weight excluding hydrogens is 390 g/mol. The van der Waals surface area contributed by atoms with Crippen LogP contribution in [0.15, 0.2) is 29.2 Å². The van der Waals surface area contributed by atoms with Gasteiger partial charge in [-0.1, -0.05) is 24.6 Å². The second kappa shape index (κ2) is 9.61. The molecule has 1 aromatic carbocycles. The van der Waals surface area contributed by atoms with Gasteiger partial charge < -0.3 is 10.1 Å². The minimum atomic E-state index is -0.320. The third-order valence-corrected chi connectivity index (χ3v) is 7.05. The summed E-state index contributed by atoms with van der Waals surface area (Å²) in [5.74, 6) is 0.928. The number of benzene rings is 1. The summed E-state index contributed by atoms with van der Waals surface area (Å²) in [5.41, 5.74) is 2.88. The Labute approximate surface area is 175 Å². The number of hydrogen-bond donors (Lipinski definition) is 1. The second-order valence-corrected chi connectivity index (χ2v) is 9.51. The minimum absolute atomic E-state index is 0.0585. The number of ether oxygens (including phenoxy) is 1. The molecule has 1 aliphatic rings. The molecule has 1 aromatic heterocycles. The third kappa shape index (κ3) is 5.17. The summed E-state index contributed by atoms with van der Waals surface area (Å²) in [4.78, 5) is 27.4. The van der Waals surface area contributed by atoms with Gasteiger partial charge in [0.1, 0.15) is 5.00 Å². The summed E-state index contributed by atoms with van der Waals surface area (Å²) in [7, 11) is 0. The van der Waals surface area contributed by atoms with Gasteiger partial charge in [-0.05, 0) is 56.7 Å². The Morgan fingerprint density at radius 2 is 2.04 bits per heavy atom. The van der Waals surface area contributed by atoms with Crippen LogP contribution in [0.2, 0.25) is 0 Å². The summed E-state index contributed by atoms with van der Waals surface area (Å²) < 4.78 is 5.26. The number of nitrogens with one attached hydrogen (secondary N) is 1. The van der Waals surface area contributed by atoms with Crippen LogP contribution >= 0.6 is 23.1 Å². The van der Waals surface area contributed by atoms with Crippen LogP contribution in [0.5, 0.6) is 0 Å². The van der Waals surface area contributed by atoms with Crippen molar-refractivity contribution in [2.24, 2.45) is 5.92 Å². The Hall–Kier alpha value is -1.79. The molecule has 0 spiro atoms. The van der Waals surface area contributed by atoms with Gasteiger partial charge in [0.05, 0.1) is 12.2 Å². The molecule has 1 aliphatic carbocycles. The zero-order valence-corrected chi connectivity index (χ0v) is 18.3. The molecule has 6 heteroatoms. The molecule has 0 saturated carbocycles. The number of fused-ring (bicyclic) bond motifs is 1. The van der Waals surface area contributed by atoms with Crippen LogP contribution in [0.1, 0.15) is 53.1 Å². The van der Waals surface area contributed by atoms with Crippen molar-refractivity contribution in [2.75, 3.05) is 17.7 Å². The molecule has 0 saturated heterocycles. The van der Waals surface area contributed by atoms with Crippen LogP contribution in [0.4, 0.5) is 5.00 Å². The number of aryl methyl sites for hydroxylation is 1. The van der Waals surface area contributed by atoms with Gasteiger partial charge in [0.25, 0.3) is 0 Å². The lowest BCUT2D eigenvalue weighted by Gasteiger charge is -2.18. The van der Waals surface area contributed by atoms with Crippen molar-refractivity contribution in [1.82, 2.24) is 0 Å². The predicted octanol–water partition coefficient (Wildman–Crippen LogP) is 5.48. The lowest BCUT2D eigenvalue weighted by atomic mass is 9.88. The van der Waals surface area contributed by atoms with Crippen LogP contribution in [0.3, 0.4) is 0 Å². The van der Waals surface area contributed by atoms with Gasteiger partial charge in [0, 0.05) is 21.9 Å². The Morgan fingerprint density at radius 3 is 2.75 bits per heavy atom. The van der Waals surface area contributed by atoms with E-state index in [1.807, 2.05) is 0 Å². The maximum absolute atomic E-state index is 12.5. The van der Waals surface area contributed by atoms with Crippen molar-refractivity contribution in [1.29, 1.82) is 0 Å². The van der Waals surface area contributed by atoms with Crippen LogP contribution in [0, 0.1) is 12.8 Å². The van der Waals surface area contributed by atoms with E-state index in [1.54, 1.807) is 30.0 Å². The molecule has 0 aliphatic heterocycles. The van der Waals surface area contributed by atoms with Crippen LogP contribution in [0.25, 0.3) is 0 Å². The van der Waals surface area contributed by atoms with Gasteiger partial charge >= 0.3 is 5.97 Å². The summed E-state index contributed by atoms with van der Waals surface area (Å²) >= 11 is 3.21. The van der Waals surface area contributed by atoms with E-state index < -0.39 is 0 Å². The van der Waals surface area contributed by atoms with E-state index in [1.165, 1.54) is 10.4 Å². The van der Waals surface area contributed by atoms with Crippen molar-refractivity contribution in [3.63, 3.8) is 0 Å². The number of esters is 1. The highest BCUT2D eigenvalue weighted by Gasteiger charge is 2.29. The number of carbonyl (C=O) groups is 2. The fourth-order valence-electron chi connectivity index (χ4n) is 3.34. The molecule has 150 valence electrons. The van der Waals surface area contributed by atoms with Gasteiger partial charge in [-0.3, -0.25) is 4.79 Å². The molecule has 0 fully saturated rings. The smallest absolute Gasteiger partial charge is 0.341 e. The van der Waals surface area contributed by atoms with Crippen molar-refractivity contribution in [2.45, 2.75) is 51.3 Å². The number of hydrogen-bond acceptors (Lipinski definition) is 5. The first kappa shape index (κ1) is 20.9. The Bertz CT molecular complexity index is 842. The normalized spacial score (nSPS) is 15.8. The fourth-order valence-corrected chi connectivity index (χ4v) is 5.61. The van der Waals surface area contributed by atoms with Gasteiger partial charge in [-0.15, -0.1) is 23.1 Å². The Kier molecular flexibility index (Phi) is 7.18. The van der Waals surface area contributed by atoms with E-state index in [2.05, 4.69) is 43.4 Å². The minimum Gasteiger partial charge on any atom is -0.462 e. The first-order chi connectivity index (χ1) is 13.5. The molecule has 0 radical (unpaired) electrons. The number of anilines is 1. The molecule has 1 heterocycles. The lowest BCUT2D eigenvalue weighted by molar-refractivity contribution is -0.115. The number of amides is 1. The number of thiophene rings is 1. The molecule has 1 atom stereocenters. The van der Waals surface area contributed by atoms with Crippen LogP contribution < -0.4 is 5.32 Å². The van der Waals surface area contributed by atoms with E-state index in [0.29, 0.717) is 35.3 Å². The SMILES string of the molecule is CCOC(=O)c1c(NC(=O)CCSc2ccc(C)cc2)sc2c1CCC(C)C2. The Balaban J connectivity index is 1.66. The van der Waals surface area contributed by atoms with E-state index >= 15 is 0 Å². The van der Waals surface area contributed by atoms with Crippen molar-refractivity contribution >= 4 is 40.0 Å².